The Hall–Kier alpha value is -2.21. The number of Topliss-reactive ketones (excluding diaryl/α,β-unsaturated/α-hetero) is 2. The largest absolute Gasteiger partial charge is 0.355 e. The van der Waals surface area contributed by atoms with Gasteiger partial charge in [-0.15, -0.1) is 0 Å². The second-order valence-electron chi connectivity index (χ2n) is 6.08. The van der Waals surface area contributed by atoms with Gasteiger partial charge in [-0.05, 0) is 51.3 Å². The summed E-state index contributed by atoms with van der Waals surface area (Å²) in [6.07, 6.45) is 0. The molecule has 2 rings (SSSR count). The Morgan fingerprint density at radius 1 is 1.04 bits per heavy atom. The Kier molecular flexibility index (Phi) is 4.80. The van der Waals surface area contributed by atoms with Crippen molar-refractivity contribution in [1.29, 1.82) is 0 Å². The van der Waals surface area contributed by atoms with Crippen LogP contribution in [0.25, 0.3) is 0 Å². The highest BCUT2D eigenvalue weighted by Gasteiger charge is 2.27. The van der Waals surface area contributed by atoms with E-state index in [1.165, 1.54) is 6.92 Å². The first-order valence-corrected chi connectivity index (χ1v) is 9.23. The number of aromatic amines is 1. The molecule has 128 valence electrons. The minimum Gasteiger partial charge on any atom is -0.355 e. The van der Waals surface area contributed by atoms with E-state index in [4.69, 9.17) is 0 Å². The molecule has 0 fully saturated rings. The number of rotatable bonds is 5. The molecule has 0 aliphatic heterocycles. The number of benzene rings is 1. The molecule has 1 aromatic carbocycles. The van der Waals surface area contributed by atoms with Gasteiger partial charge >= 0.3 is 0 Å². The lowest BCUT2D eigenvalue weighted by Crippen LogP contribution is -2.19. The monoisotopic (exact) mass is 347 g/mol. The quantitative estimate of drug-likeness (QED) is 0.842. The van der Waals surface area contributed by atoms with E-state index in [1.54, 1.807) is 45.9 Å². The number of ketones is 2. The van der Waals surface area contributed by atoms with Gasteiger partial charge in [0.25, 0.3) is 0 Å². The minimum atomic E-state index is -3.76. The first-order valence-electron chi connectivity index (χ1n) is 7.58. The van der Waals surface area contributed by atoms with Gasteiger partial charge in [-0.1, -0.05) is 18.2 Å². The molecule has 2 aromatic rings. The van der Waals surface area contributed by atoms with Gasteiger partial charge < -0.3 is 4.98 Å². The predicted molar refractivity (Wildman–Crippen MR) is 92.6 cm³/mol. The van der Waals surface area contributed by atoms with Crippen molar-refractivity contribution in [2.24, 2.45) is 0 Å². The van der Waals surface area contributed by atoms with Crippen LogP contribution in [-0.4, -0.2) is 30.7 Å². The highest BCUT2D eigenvalue weighted by Crippen LogP contribution is 2.24. The summed E-state index contributed by atoms with van der Waals surface area (Å²) in [6, 6.07) is 5.20. The SMILES string of the molecule is CC(=O)c1c(C)[nH]c(C(=O)CS(=O)(=O)c2c(C)cccc2C)c1C. The van der Waals surface area contributed by atoms with Crippen molar-refractivity contribution in [2.45, 2.75) is 39.5 Å². The van der Waals surface area contributed by atoms with Crippen molar-refractivity contribution in [3.8, 4) is 0 Å². The number of hydrogen-bond donors (Lipinski definition) is 1. The van der Waals surface area contributed by atoms with Gasteiger partial charge in [0.05, 0.1) is 10.6 Å². The van der Waals surface area contributed by atoms with Gasteiger partial charge in [0.2, 0.25) is 0 Å². The molecule has 1 heterocycles. The van der Waals surface area contributed by atoms with Crippen molar-refractivity contribution in [3.63, 3.8) is 0 Å². The van der Waals surface area contributed by atoms with Crippen molar-refractivity contribution in [1.82, 2.24) is 4.98 Å². The number of hydrogen-bond acceptors (Lipinski definition) is 4. The number of aryl methyl sites for hydroxylation is 3. The Labute approximate surface area is 142 Å². The van der Waals surface area contributed by atoms with Crippen molar-refractivity contribution in [2.75, 3.05) is 5.75 Å². The van der Waals surface area contributed by atoms with Gasteiger partial charge in [0, 0.05) is 11.3 Å². The van der Waals surface area contributed by atoms with E-state index < -0.39 is 21.4 Å². The van der Waals surface area contributed by atoms with Crippen LogP contribution < -0.4 is 0 Å². The summed E-state index contributed by atoms with van der Waals surface area (Å²) in [7, 11) is -3.76. The molecule has 1 aromatic heterocycles. The van der Waals surface area contributed by atoms with Crippen LogP contribution in [0.3, 0.4) is 0 Å². The topological polar surface area (TPSA) is 84.1 Å². The molecule has 1 N–H and O–H groups in total. The van der Waals surface area contributed by atoms with Gasteiger partial charge in [-0.2, -0.15) is 0 Å². The molecule has 0 aliphatic rings. The smallest absolute Gasteiger partial charge is 0.194 e. The fourth-order valence-electron chi connectivity index (χ4n) is 3.16. The van der Waals surface area contributed by atoms with E-state index in [2.05, 4.69) is 4.98 Å². The van der Waals surface area contributed by atoms with E-state index in [1.807, 2.05) is 0 Å². The molecule has 0 unspecified atom stereocenters. The van der Waals surface area contributed by atoms with Gasteiger partial charge in [-0.3, -0.25) is 9.59 Å². The summed E-state index contributed by atoms with van der Waals surface area (Å²) in [5.74, 6) is -1.32. The van der Waals surface area contributed by atoms with Crippen LogP contribution in [0.4, 0.5) is 0 Å². The molecular weight excluding hydrogens is 326 g/mol. The molecular formula is C18H21NO4S. The third-order valence-electron chi connectivity index (χ3n) is 4.11. The maximum Gasteiger partial charge on any atom is 0.194 e. The molecule has 6 heteroatoms. The van der Waals surface area contributed by atoms with E-state index in [-0.39, 0.29) is 16.4 Å². The molecule has 24 heavy (non-hydrogen) atoms. The van der Waals surface area contributed by atoms with Crippen LogP contribution in [0.5, 0.6) is 0 Å². The van der Waals surface area contributed by atoms with E-state index >= 15 is 0 Å². The van der Waals surface area contributed by atoms with Crippen molar-refractivity contribution in [3.05, 3.63) is 51.8 Å². The second-order valence-corrected chi connectivity index (χ2v) is 8.01. The van der Waals surface area contributed by atoms with Crippen LogP contribution in [0.2, 0.25) is 0 Å². The molecule has 0 bridgehead atoms. The number of nitrogens with one attached hydrogen (secondary N) is 1. The number of H-pyrrole nitrogens is 1. The zero-order chi connectivity index (χ0) is 18.2. The number of aromatic nitrogens is 1. The van der Waals surface area contributed by atoms with Crippen LogP contribution in [0, 0.1) is 27.7 Å². The highest BCUT2D eigenvalue weighted by atomic mass is 32.2. The van der Waals surface area contributed by atoms with Gasteiger partial charge in [-0.25, -0.2) is 8.42 Å². The first-order chi connectivity index (χ1) is 11.1. The van der Waals surface area contributed by atoms with E-state index in [9.17, 15) is 18.0 Å². The number of carbonyl (C=O) groups excluding carboxylic acids is 2. The van der Waals surface area contributed by atoms with Crippen LogP contribution in [0.15, 0.2) is 23.1 Å². The van der Waals surface area contributed by atoms with Crippen molar-refractivity contribution >= 4 is 21.4 Å². The van der Waals surface area contributed by atoms with Crippen LogP contribution in [0.1, 0.15) is 50.2 Å². The number of sulfone groups is 1. The summed E-state index contributed by atoms with van der Waals surface area (Å²) >= 11 is 0. The number of carbonyl (C=O) groups is 2. The lowest BCUT2D eigenvalue weighted by Gasteiger charge is -2.10. The molecule has 0 amide bonds. The summed E-state index contributed by atoms with van der Waals surface area (Å²) in [5.41, 5.74) is 2.95. The van der Waals surface area contributed by atoms with Gasteiger partial charge in [0.15, 0.2) is 21.4 Å². The molecule has 0 saturated heterocycles. The molecule has 0 spiro atoms. The second kappa shape index (κ2) is 6.36. The summed E-state index contributed by atoms with van der Waals surface area (Å²) in [6.45, 7) is 8.19. The zero-order valence-electron chi connectivity index (χ0n) is 14.5. The fraction of sp³-hybridized carbons (Fsp3) is 0.333. The third kappa shape index (κ3) is 3.19. The fourth-order valence-corrected chi connectivity index (χ4v) is 4.91. The average Bonchev–Trinajstić information content (AvgIpc) is 2.72. The van der Waals surface area contributed by atoms with E-state index in [0.717, 1.165) is 0 Å². The molecule has 0 radical (unpaired) electrons. The van der Waals surface area contributed by atoms with E-state index in [0.29, 0.717) is 27.9 Å². The predicted octanol–water partition coefficient (Wildman–Crippen LogP) is 3.11. The average molecular weight is 347 g/mol. The zero-order valence-corrected chi connectivity index (χ0v) is 15.3. The lowest BCUT2D eigenvalue weighted by atomic mass is 10.1. The normalized spacial score (nSPS) is 11.5. The minimum absolute atomic E-state index is 0.155. The third-order valence-corrected chi connectivity index (χ3v) is 6.02. The lowest BCUT2D eigenvalue weighted by molar-refractivity contribution is 0.101. The Bertz CT molecular complexity index is 916. The molecule has 0 atom stereocenters. The van der Waals surface area contributed by atoms with Crippen molar-refractivity contribution < 1.29 is 18.0 Å². The Morgan fingerprint density at radius 2 is 1.58 bits per heavy atom. The summed E-state index contributed by atoms with van der Waals surface area (Å²) in [4.78, 5) is 27.3. The molecule has 5 nitrogen and oxygen atoms in total. The Balaban J connectivity index is 2.43. The maximum atomic E-state index is 12.7. The molecule has 0 aliphatic carbocycles. The van der Waals surface area contributed by atoms with Crippen LogP contribution in [-0.2, 0) is 9.84 Å². The summed E-state index contributed by atoms with van der Waals surface area (Å²) in [5, 5.41) is 0. The summed E-state index contributed by atoms with van der Waals surface area (Å²) < 4.78 is 25.4. The van der Waals surface area contributed by atoms with Gasteiger partial charge in [0.1, 0.15) is 5.75 Å². The Morgan fingerprint density at radius 3 is 2.04 bits per heavy atom. The standard InChI is InChI=1S/C18H21NO4S/c1-10-7-6-8-11(2)18(10)24(22,23)9-15(21)17-12(3)16(14(5)20)13(4)19-17/h6-8,19H,9H2,1-5H3. The highest BCUT2D eigenvalue weighted by molar-refractivity contribution is 7.92. The first kappa shape index (κ1) is 18.1. The maximum absolute atomic E-state index is 12.7. The van der Waals surface area contributed by atoms with Crippen LogP contribution >= 0.6 is 0 Å². The molecule has 0 saturated carbocycles.